The van der Waals surface area contributed by atoms with Gasteiger partial charge in [-0.15, -0.1) is 18.3 Å². The lowest BCUT2D eigenvalue weighted by Crippen LogP contribution is -2.14. The first-order chi connectivity index (χ1) is 15.9. The summed E-state index contributed by atoms with van der Waals surface area (Å²) in [6.07, 6.45) is 1.37. The molecule has 3 rings (SSSR count). The van der Waals surface area contributed by atoms with Gasteiger partial charge in [0.2, 0.25) is 0 Å². The number of thioether (sulfide) groups is 1. The molecule has 0 amide bonds. The van der Waals surface area contributed by atoms with Crippen molar-refractivity contribution >= 4 is 17.7 Å². The SMILES string of the molecule is C=CCC(F)(F)c1ccccc1-c1cc(CC)c(C(=O)OCC)c(SCc2ccccc2)c1. The van der Waals surface area contributed by atoms with E-state index in [2.05, 4.69) is 6.58 Å². The monoisotopic (exact) mass is 466 g/mol. The van der Waals surface area contributed by atoms with Crippen molar-refractivity contribution < 1.29 is 18.3 Å². The molecule has 0 atom stereocenters. The Balaban J connectivity index is 2.14. The molecule has 0 spiro atoms. The van der Waals surface area contributed by atoms with Gasteiger partial charge in [0.15, 0.2) is 0 Å². The summed E-state index contributed by atoms with van der Waals surface area (Å²) in [4.78, 5) is 13.6. The molecule has 3 aromatic rings. The van der Waals surface area contributed by atoms with Crippen molar-refractivity contribution in [3.63, 3.8) is 0 Å². The zero-order chi connectivity index (χ0) is 23.8. The maximum Gasteiger partial charge on any atom is 0.339 e. The highest BCUT2D eigenvalue weighted by Crippen LogP contribution is 2.41. The van der Waals surface area contributed by atoms with Crippen LogP contribution in [-0.2, 0) is 22.8 Å². The van der Waals surface area contributed by atoms with Gasteiger partial charge in [0.05, 0.1) is 12.2 Å². The fraction of sp³-hybridized carbons (Fsp3) is 0.250. The van der Waals surface area contributed by atoms with Gasteiger partial charge in [-0.1, -0.05) is 73.7 Å². The van der Waals surface area contributed by atoms with Crippen molar-refractivity contribution in [1.82, 2.24) is 0 Å². The van der Waals surface area contributed by atoms with Crippen molar-refractivity contribution in [3.8, 4) is 11.1 Å². The van der Waals surface area contributed by atoms with E-state index in [0.717, 1.165) is 16.0 Å². The molecule has 0 aliphatic rings. The van der Waals surface area contributed by atoms with Gasteiger partial charge in [-0.05, 0) is 41.7 Å². The number of carbonyl (C=O) groups excluding carboxylic acids is 1. The van der Waals surface area contributed by atoms with E-state index < -0.39 is 12.3 Å². The van der Waals surface area contributed by atoms with Crippen LogP contribution in [0.1, 0.15) is 47.3 Å². The van der Waals surface area contributed by atoms with Crippen LogP contribution in [0.25, 0.3) is 11.1 Å². The van der Waals surface area contributed by atoms with Gasteiger partial charge in [-0.2, -0.15) is 0 Å². The minimum Gasteiger partial charge on any atom is -0.462 e. The van der Waals surface area contributed by atoms with E-state index in [0.29, 0.717) is 28.9 Å². The molecule has 3 aromatic carbocycles. The van der Waals surface area contributed by atoms with E-state index in [1.807, 2.05) is 49.4 Å². The van der Waals surface area contributed by atoms with Gasteiger partial charge >= 0.3 is 5.97 Å². The first kappa shape index (κ1) is 24.7. The van der Waals surface area contributed by atoms with E-state index in [1.165, 1.54) is 23.9 Å². The van der Waals surface area contributed by atoms with Gasteiger partial charge in [-0.3, -0.25) is 0 Å². The predicted octanol–water partition coefficient (Wildman–Crippen LogP) is 8.05. The number of allylic oxidation sites excluding steroid dienone is 1. The number of rotatable bonds is 10. The first-order valence-corrected chi connectivity index (χ1v) is 12.0. The van der Waals surface area contributed by atoms with Crippen LogP contribution in [0.3, 0.4) is 0 Å². The molecule has 0 saturated carbocycles. The summed E-state index contributed by atoms with van der Waals surface area (Å²) in [5, 5.41) is 0. The number of hydrogen-bond acceptors (Lipinski definition) is 3. The lowest BCUT2D eigenvalue weighted by Gasteiger charge is -2.21. The minimum absolute atomic E-state index is 0.0464. The third kappa shape index (κ3) is 5.91. The molecule has 0 heterocycles. The molecular formula is C28H28F2O2S. The Morgan fingerprint density at radius 2 is 1.76 bits per heavy atom. The average Bonchev–Trinajstić information content (AvgIpc) is 2.82. The van der Waals surface area contributed by atoms with Gasteiger partial charge in [0, 0.05) is 22.6 Å². The normalized spacial score (nSPS) is 11.3. The molecule has 0 aliphatic heterocycles. The molecule has 172 valence electrons. The molecule has 0 fully saturated rings. The van der Waals surface area contributed by atoms with Crippen molar-refractivity contribution in [2.24, 2.45) is 0 Å². The summed E-state index contributed by atoms with van der Waals surface area (Å²) in [6.45, 7) is 7.47. The molecule has 0 unspecified atom stereocenters. The fourth-order valence-electron chi connectivity index (χ4n) is 3.74. The minimum atomic E-state index is -3.04. The lowest BCUT2D eigenvalue weighted by atomic mass is 9.91. The van der Waals surface area contributed by atoms with Gasteiger partial charge in [0.1, 0.15) is 0 Å². The van der Waals surface area contributed by atoms with Crippen molar-refractivity contribution in [2.75, 3.05) is 6.61 Å². The number of esters is 1. The maximum atomic E-state index is 14.9. The maximum absolute atomic E-state index is 14.9. The van der Waals surface area contributed by atoms with Crippen molar-refractivity contribution in [2.45, 2.75) is 43.3 Å². The number of carbonyl (C=O) groups is 1. The Bertz CT molecular complexity index is 1110. The van der Waals surface area contributed by atoms with E-state index in [9.17, 15) is 13.6 Å². The summed E-state index contributed by atoms with van der Waals surface area (Å²) in [6, 6.07) is 20.1. The zero-order valence-corrected chi connectivity index (χ0v) is 19.8. The standard InChI is InChI=1S/C28H28F2O2S/c1-4-16-28(29,30)24-15-11-10-14-23(24)22-17-21(5-2)26(27(31)32-6-3)25(18-22)33-19-20-12-8-7-9-13-20/h4,7-15,17-18H,1,5-6,16,19H2,2-3H3. The number of benzene rings is 3. The fourth-order valence-corrected chi connectivity index (χ4v) is 4.82. The van der Waals surface area contributed by atoms with Gasteiger partial charge in [0.25, 0.3) is 5.92 Å². The highest BCUT2D eigenvalue weighted by atomic mass is 32.2. The Morgan fingerprint density at radius 1 is 1.06 bits per heavy atom. The van der Waals surface area contributed by atoms with E-state index in [4.69, 9.17) is 4.74 Å². The number of aryl methyl sites for hydroxylation is 1. The molecule has 0 saturated heterocycles. The Hall–Kier alpha value is -2.92. The zero-order valence-electron chi connectivity index (χ0n) is 18.9. The highest BCUT2D eigenvalue weighted by molar-refractivity contribution is 7.98. The summed E-state index contributed by atoms with van der Waals surface area (Å²) in [7, 11) is 0. The van der Waals surface area contributed by atoms with E-state index in [-0.39, 0.29) is 18.1 Å². The van der Waals surface area contributed by atoms with Crippen LogP contribution in [0.15, 0.2) is 84.3 Å². The molecule has 0 aliphatic carbocycles. The molecule has 2 nitrogen and oxygen atoms in total. The second-order valence-electron chi connectivity index (χ2n) is 7.60. The van der Waals surface area contributed by atoms with E-state index in [1.54, 1.807) is 25.1 Å². The third-order valence-electron chi connectivity index (χ3n) is 5.31. The number of alkyl halides is 2. The number of ether oxygens (including phenoxy) is 1. The molecule has 0 bridgehead atoms. The summed E-state index contributed by atoms with van der Waals surface area (Å²) >= 11 is 1.51. The number of halogens is 2. The first-order valence-electron chi connectivity index (χ1n) is 11.0. The van der Waals surface area contributed by atoms with Crippen LogP contribution in [0, 0.1) is 0 Å². The van der Waals surface area contributed by atoms with Crippen LogP contribution in [0.4, 0.5) is 8.78 Å². The number of hydrogen-bond donors (Lipinski definition) is 0. The van der Waals surface area contributed by atoms with Crippen LogP contribution in [0.2, 0.25) is 0 Å². The molecule has 33 heavy (non-hydrogen) atoms. The average molecular weight is 467 g/mol. The summed E-state index contributed by atoms with van der Waals surface area (Å²) in [5.41, 5.74) is 3.47. The highest BCUT2D eigenvalue weighted by Gasteiger charge is 2.33. The Kier molecular flexibility index (Phi) is 8.45. The van der Waals surface area contributed by atoms with Crippen molar-refractivity contribution in [3.05, 3.63) is 102 Å². The van der Waals surface area contributed by atoms with Crippen LogP contribution >= 0.6 is 11.8 Å². The summed E-state index contributed by atoms with van der Waals surface area (Å²) in [5.74, 6) is -2.78. The molecule has 5 heteroatoms. The summed E-state index contributed by atoms with van der Waals surface area (Å²) < 4.78 is 35.2. The van der Waals surface area contributed by atoms with Gasteiger partial charge < -0.3 is 4.74 Å². The molecule has 0 N–H and O–H groups in total. The molecular weight excluding hydrogens is 438 g/mol. The Morgan fingerprint density at radius 3 is 2.42 bits per heavy atom. The van der Waals surface area contributed by atoms with Crippen molar-refractivity contribution in [1.29, 1.82) is 0 Å². The second kappa shape index (κ2) is 11.3. The Labute approximate surface area is 198 Å². The predicted molar refractivity (Wildman–Crippen MR) is 132 cm³/mol. The molecule has 0 radical (unpaired) electrons. The van der Waals surface area contributed by atoms with Gasteiger partial charge in [-0.25, -0.2) is 13.6 Å². The smallest absolute Gasteiger partial charge is 0.339 e. The van der Waals surface area contributed by atoms with E-state index >= 15 is 0 Å². The largest absolute Gasteiger partial charge is 0.462 e. The van der Waals surface area contributed by atoms with Crippen LogP contribution in [-0.4, -0.2) is 12.6 Å². The quantitative estimate of drug-likeness (QED) is 0.172. The molecule has 0 aromatic heterocycles. The van der Waals surface area contributed by atoms with Crippen LogP contribution < -0.4 is 0 Å². The topological polar surface area (TPSA) is 26.3 Å². The second-order valence-corrected chi connectivity index (χ2v) is 8.62. The van der Waals surface area contributed by atoms with Crippen LogP contribution in [0.5, 0.6) is 0 Å². The third-order valence-corrected chi connectivity index (χ3v) is 6.42. The lowest BCUT2D eigenvalue weighted by molar-refractivity contribution is -0.000258.